The largest absolute Gasteiger partial charge is 0.327 e. The second-order valence-electron chi connectivity index (χ2n) is 4.81. The van der Waals surface area contributed by atoms with E-state index in [0.29, 0.717) is 5.16 Å². The lowest BCUT2D eigenvalue weighted by molar-refractivity contribution is 0.646. The van der Waals surface area contributed by atoms with E-state index in [-0.39, 0.29) is 11.6 Å². The molecule has 0 bridgehead atoms. The van der Waals surface area contributed by atoms with E-state index in [0.717, 1.165) is 17.7 Å². The third kappa shape index (κ3) is 3.95. The maximum absolute atomic E-state index is 11.3. The topological polar surface area (TPSA) is 71.8 Å². The maximum Gasteiger partial charge on any atom is 0.251 e. The van der Waals surface area contributed by atoms with Crippen molar-refractivity contribution in [2.75, 3.05) is 0 Å². The van der Waals surface area contributed by atoms with Crippen molar-refractivity contribution in [1.82, 2.24) is 9.97 Å². The molecule has 5 heteroatoms. The predicted octanol–water partition coefficient (Wildman–Crippen LogP) is 2.51. The summed E-state index contributed by atoms with van der Waals surface area (Å²) in [5.41, 5.74) is 8.26. The Morgan fingerprint density at radius 3 is 2.85 bits per heavy atom. The van der Waals surface area contributed by atoms with E-state index in [1.54, 1.807) is 0 Å². The van der Waals surface area contributed by atoms with Gasteiger partial charge in [-0.1, -0.05) is 30.8 Å². The highest BCUT2D eigenvalue weighted by Gasteiger charge is 2.06. The monoisotopic (exact) mass is 289 g/mol. The van der Waals surface area contributed by atoms with Gasteiger partial charge in [0.25, 0.3) is 5.56 Å². The first-order valence-electron chi connectivity index (χ1n) is 6.66. The van der Waals surface area contributed by atoms with Crippen molar-refractivity contribution in [3.05, 3.63) is 51.9 Å². The van der Waals surface area contributed by atoms with Crippen LogP contribution in [0.3, 0.4) is 0 Å². The number of nitrogens with two attached hydrogens (primary N) is 1. The summed E-state index contributed by atoms with van der Waals surface area (Å²) in [6.45, 7) is 4.16. The lowest BCUT2D eigenvalue weighted by Crippen LogP contribution is -2.21. The number of aromatic nitrogens is 2. The van der Waals surface area contributed by atoms with Crippen molar-refractivity contribution in [2.45, 2.75) is 42.8 Å². The van der Waals surface area contributed by atoms with Crippen LogP contribution in [0.2, 0.25) is 0 Å². The summed E-state index contributed by atoms with van der Waals surface area (Å²) >= 11 is 1.46. The maximum atomic E-state index is 11.3. The summed E-state index contributed by atoms with van der Waals surface area (Å²) in [6.07, 6.45) is 3.39. The van der Waals surface area contributed by atoms with Gasteiger partial charge in [0.2, 0.25) is 0 Å². The van der Waals surface area contributed by atoms with Gasteiger partial charge in [-0.15, -0.1) is 0 Å². The summed E-state index contributed by atoms with van der Waals surface area (Å²) in [5, 5.41) is 0.610. The third-order valence-electron chi connectivity index (χ3n) is 3.12. The highest BCUT2D eigenvalue weighted by Crippen LogP contribution is 2.27. The second kappa shape index (κ2) is 6.72. The lowest BCUT2D eigenvalue weighted by atomic mass is 10.0. The number of hydrogen-bond acceptors (Lipinski definition) is 4. The standard InChI is InChI=1S/C15H19N3OS/c1-3-12(16)9-11-4-5-13(10(2)8-11)20-15-17-7-6-14(19)18-15/h4-8,12H,3,9,16H2,1-2H3,(H,17,18,19). The molecule has 1 unspecified atom stereocenters. The van der Waals surface area contributed by atoms with E-state index in [4.69, 9.17) is 5.73 Å². The Morgan fingerprint density at radius 2 is 2.20 bits per heavy atom. The van der Waals surface area contributed by atoms with Crippen LogP contribution in [0.25, 0.3) is 0 Å². The van der Waals surface area contributed by atoms with Crippen LogP contribution in [-0.4, -0.2) is 16.0 Å². The van der Waals surface area contributed by atoms with Crippen molar-refractivity contribution in [1.29, 1.82) is 0 Å². The zero-order valence-corrected chi connectivity index (χ0v) is 12.5. The number of benzene rings is 1. The first-order valence-corrected chi connectivity index (χ1v) is 7.48. The van der Waals surface area contributed by atoms with E-state index in [1.807, 2.05) is 0 Å². The Labute approximate surface area is 122 Å². The van der Waals surface area contributed by atoms with Crippen molar-refractivity contribution in [3.8, 4) is 0 Å². The van der Waals surface area contributed by atoms with Gasteiger partial charge in [0, 0.05) is 23.2 Å². The number of rotatable bonds is 5. The lowest BCUT2D eigenvalue weighted by Gasteiger charge is -2.11. The molecule has 4 nitrogen and oxygen atoms in total. The highest BCUT2D eigenvalue weighted by atomic mass is 32.2. The molecule has 20 heavy (non-hydrogen) atoms. The van der Waals surface area contributed by atoms with Gasteiger partial charge in [0.05, 0.1) is 0 Å². The zero-order chi connectivity index (χ0) is 14.5. The fraction of sp³-hybridized carbons (Fsp3) is 0.333. The molecule has 0 aliphatic rings. The molecule has 1 atom stereocenters. The molecule has 0 radical (unpaired) electrons. The van der Waals surface area contributed by atoms with Crippen LogP contribution in [0.1, 0.15) is 24.5 Å². The van der Waals surface area contributed by atoms with E-state index < -0.39 is 0 Å². The number of nitrogens with one attached hydrogen (secondary N) is 1. The average molecular weight is 289 g/mol. The SMILES string of the molecule is CCC(N)Cc1ccc(Sc2nccc(=O)[nH]2)c(C)c1. The molecule has 1 heterocycles. The molecule has 1 aromatic heterocycles. The Morgan fingerprint density at radius 1 is 1.40 bits per heavy atom. The van der Waals surface area contributed by atoms with Gasteiger partial charge in [0.15, 0.2) is 5.16 Å². The quantitative estimate of drug-likeness (QED) is 0.830. The molecule has 0 fully saturated rings. The number of nitrogens with zero attached hydrogens (tertiary/aromatic N) is 1. The molecule has 2 rings (SSSR count). The molecule has 0 spiro atoms. The first kappa shape index (κ1) is 14.8. The van der Waals surface area contributed by atoms with Gasteiger partial charge in [-0.25, -0.2) is 4.98 Å². The van der Waals surface area contributed by atoms with Gasteiger partial charge < -0.3 is 10.7 Å². The number of aromatic amines is 1. The van der Waals surface area contributed by atoms with Crippen LogP contribution in [0.4, 0.5) is 0 Å². The van der Waals surface area contributed by atoms with Crippen LogP contribution in [0.5, 0.6) is 0 Å². The van der Waals surface area contributed by atoms with E-state index in [2.05, 4.69) is 42.0 Å². The van der Waals surface area contributed by atoms with Gasteiger partial charge in [-0.2, -0.15) is 0 Å². The normalized spacial score (nSPS) is 12.3. The Kier molecular flexibility index (Phi) is 4.98. The van der Waals surface area contributed by atoms with Crippen LogP contribution in [0.15, 0.2) is 45.3 Å². The van der Waals surface area contributed by atoms with E-state index in [1.165, 1.54) is 35.2 Å². The van der Waals surface area contributed by atoms with Crippen LogP contribution in [0, 0.1) is 6.92 Å². The third-order valence-corrected chi connectivity index (χ3v) is 4.19. The predicted molar refractivity (Wildman–Crippen MR) is 82.1 cm³/mol. The van der Waals surface area contributed by atoms with E-state index >= 15 is 0 Å². The average Bonchev–Trinajstić information content (AvgIpc) is 2.42. The minimum Gasteiger partial charge on any atom is -0.327 e. The molecule has 0 amide bonds. The van der Waals surface area contributed by atoms with Crippen molar-refractivity contribution in [2.24, 2.45) is 5.73 Å². The number of aryl methyl sites for hydroxylation is 1. The Hall–Kier alpha value is -1.59. The molecule has 1 aromatic carbocycles. The first-order chi connectivity index (χ1) is 9.58. The van der Waals surface area contributed by atoms with Gasteiger partial charge >= 0.3 is 0 Å². The molecule has 106 valence electrons. The summed E-state index contributed by atoms with van der Waals surface area (Å²) in [7, 11) is 0. The molecule has 0 aliphatic heterocycles. The molecule has 2 aromatic rings. The molecule has 0 aliphatic carbocycles. The fourth-order valence-electron chi connectivity index (χ4n) is 1.91. The summed E-state index contributed by atoms with van der Waals surface area (Å²) in [4.78, 5) is 19.2. The fourth-order valence-corrected chi connectivity index (χ4v) is 2.74. The minimum atomic E-state index is -0.134. The van der Waals surface area contributed by atoms with Gasteiger partial charge in [-0.05, 0) is 37.0 Å². The molecular formula is C15H19N3OS. The van der Waals surface area contributed by atoms with Crippen LogP contribution >= 0.6 is 11.8 Å². The smallest absolute Gasteiger partial charge is 0.251 e. The summed E-state index contributed by atoms with van der Waals surface area (Å²) in [6, 6.07) is 7.92. The van der Waals surface area contributed by atoms with Crippen molar-refractivity contribution >= 4 is 11.8 Å². The van der Waals surface area contributed by atoms with Crippen LogP contribution < -0.4 is 11.3 Å². The number of hydrogen-bond donors (Lipinski definition) is 2. The van der Waals surface area contributed by atoms with Gasteiger partial charge in [0.1, 0.15) is 0 Å². The second-order valence-corrected chi connectivity index (χ2v) is 5.84. The van der Waals surface area contributed by atoms with E-state index in [9.17, 15) is 4.79 Å². The van der Waals surface area contributed by atoms with Crippen molar-refractivity contribution < 1.29 is 0 Å². The molecule has 0 saturated carbocycles. The highest BCUT2D eigenvalue weighted by molar-refractivity contribution is 7.99. The summed E-state index contributed by atoms with van der Waals surface area (Å²) < 4.78 is 0. The Balaban J connectivity index is 2.15. The Bertz CT molecular complexity index is 639. The molecular weight excluding hydrogens is 270 g/mol. The van der Waals surface area contributed by atoms with Gasteiger partial charge in [-0.3, -0.25) is 4.79 Å². The number of H-pyrrole nitrogens is 1. The molecule has 3 N–H and O–H groups in total. The molecule has 0 saturated heterocycles. The van der Waals surface area contributed by atoms with Crippen molar-refractivity contribution in [3.63, 3.8) is 0 Å². The minimum absolute atomic E-state index is 0.134. The summed E-state index contributed by atoms with van der Waals surface area (Å²) in [5.74, 6) is 0. The zero-order valence-electron chi connectivity index (χ0n) is 11.7. The van der Waals surface area contributed by atoms with Crippen LogP contribution in [-0.2, 0) is 6.42 Å².